The van der Waals surface area contributed by atoms with Crippen LogP contribution < -0.4 is 10.5 Å². The van der Waals surface area contributed by atoms with Gasteiger partial charge in [-0.2, -0.15) is 0 Å². The molecule has 2 aromatic rings. The Morgan fingerprint density at radius 3 is 2.73 bits per heavy atom. The Morgan fingerprint density at radius 1 is 1.41 bits per heavy atom. The summed E-state index contributed by atoms with van der Waals surface area (Å²) >= 11 is 1.41. The Kier molecular flexibility index (Phi) is 5.39. The average Bonchev–Trinajstić information content (AvgIpc) is 3.16. The molecule has 0 bridgehead atoms. The highest BCUT2D eigenvalue weighted by Gasteiger charge is 2.25. The molecule has 1 aromatic heterocycles. The number of ether oxygens (including phenoxy) is 1. The largest absolute Gasteiger partial charge is 0.497 e. The number of aromatic nitrogens is 1. The van der Waals surface area contributed by atoms with E-state index in [1.165, 1.54) is 11.3 Å². The molecule has 2 N–H and O–H groups in total. The van der Waals surface area contributed by atoms with E-state index < -0.39 is 0 Å². The third-order valence-electron chi connectivity index (χ3n) is 3.57. The molecule has 0 saturated carbocycles. The van der Waals surface area contributed by atoms with Gasteiger partial charge in [-0.1, -0.05) is 0 Å². The number of nitrogens with two attached hydrogens (primary N) is 1. The normalized spacial score (nSPS) is 17.2. The first-order valence-electron chi connectivity index (χ1n) is 6.82. The van der Waals surface area contributed by atoms with Crippen LogP contribution in [-0.2, 0) is 0 Å². The van der Waals surface area contributed by atoms with Crippen molar-refractivity contribution >= 4 is 29.7 Å². The average molecular weight is 340 g/mol. The van der Waals surface area contributed by atoms with Gasteiger partial charge in [0.25, 0.3) is 5.91 Å². The molecule has 1 aliphatic heterocycles. The fourth-order valence-corrected chi connectivity index (χ4v) is 3.26. The quantitative estimate of drug-likeness (QED) is 0.932. The molecule has 118 valence electrons. The van der Waals surface area contributed by atoms with E-state index in [1.54, 1.807) is 18.2 Å². The highest BCUT2D eigenvalue weighted by Crippen LogP contribution is 2.28. The molecular formula is C15H18ClN3O2S. The number of rotatable bonds is 3. The number of thiazole rings is 1. The van der Waals surface area contributed by atoms with Crippen molar-refractivity contribution in [1.82, 2.24) is 9.88 Å². The molecule has 5 nitrogen and oxygen atoms in total. The van der Waals surface area contributed by atoms with Crippen LogP contribution in [-0.4, -0.2) is 42.0 Å². The summed E-state index contributed by atoms with van der Waals surface area (Å²) in [7, 11) is 1.63. The highest BCUT2D eigenvalue weighted by atomic mass is 35.5. The van der Waals surface area contributed by atoms with Gasteiger partial charge in [0.2, 0.25) is 0 Å². The van der Waals surface area contributed by atoms with Crippen molar-refractivity contribution in [3.05, 3.63) is 35.3 Å². The summed E-state index contributed by atoms with van der Waals surface area (Å²) in [5.74, 6) is 0.831. The van der Waals surface area contributed by atoms with Crippen LogP contribution in [0.4, 0.5) is 0 Å². The first-order valence-corrected chi connectivity index (χ1v) is 7.64. The van der Waals surface area contributed by atoms with E-state index in [0.29, 0.717) is 11.4 Å². The molecule has 2 heterocycles. The number of methoxy groups -OCH3 is 1. The Morgan fingerprint density at radius 2 is 2.14 bits per heavy atom. The minimum absolute atomic E-state index is 0. The van der Waals surface area contributed by atoms with Crippen molar-refractivity contribution in [2.45, 2.75) is 12.5 Å². The van der Waals surface area contributed by atoms with Crippen LogP contribution in [0.25, 0.3) is 10.6 Å². The van der Waals surface area contributed by atoms with E-state index in [2.05, 4.69) is 4.98 Å². The first-order chi connectivity index (χ1) is 10.2. The molecule has 22 heavy (non-hydrogen) atoms. The van der Waals surface area contributed by atoms with E-state index in [4.69, 9.17) is 10.5 Å². The summed E-state index contributed by atoms with van der Waals surface area (Å²) < 4.78 is 5.14. The minimum atomic E-state index is 0. The molecule has 1 aromatic carbocycles. The zero-order valence-electron chi connectivity index (χ0n) is 12.2. The van der Waals surface area contributed by atoms with Crippen molar-refractivity contribution in [2.75, 3.05) is 20.2 Å². The topological polar surface area (TPSA) is 68.5 Å². The van der Waals surface area contributed by atoms with Crippen molar-refractivity contribution in [3.63, 3.8) is 0 Å². The number of benzene rings is 1. The summed E-state index contributed by atoms with van der Waals surface area (Å²) in [4.78, 5) is 19.2. The Bertz CT molecular complexity index is 644. The van der Waals surface area contributed by atoms with E-state index in [9.17, 15) is 4.79 Å². The van der Waals surface area contributed by atoms with Crippen molar-refractivity contribution in [1.29, 1.82) is 0 Å². The van der Waals surface area contributed by atoms with Crippen molar-refractivity contribution in [2.24, 2.45) is 5.73 Å². The third kappa shape index (κ3) is 3.40. The van der Waals surface area contributed by atoms with Gasteiger partial charge in [0.15, 0.2) is 0 Å². The Hall–Kier alpha value is -1.63. The number of carbonyl (C=O) groups is 1. The number of halogens is 1. The van der Waals surface area contributed by atoms with Gasteiger partial charge in [0, 0.05) is 24.7 Å². The highest BCUT2D eigenvalue weighted by molar-refractivity contribution is 7.16. The molecule has 0 unspecified atom stereocenters. The molecule has 1 atom stereocenters. The van der Waals surface area contributed by atoms with E-state index in [1.807, 2.05) is 24.3 Å². The minimum Gasteiger partial charge on any atom is -0.497 e. The summed E-state index contributed by atoms with van der Waals surface area (Å²) in [6, 6.07) is 7.76. The monoisotopic (exact) mass is 339 g/mol. The van der Waals surface area contributed by atoms with Gasteiger partial charge in [0.05, 0.1) is 13.3 Å². The van der Waals surface area contributed by atoms with Crippen LogP contribution >= 0.6 is 23.7 Å². The number of carbonyl (C=O) groups excluding carboxylic acids is 1. The summed E-state index contributed by atoms with van der Waals surface area (Å²) in [5.41, 5.74) is 6.83. The maximum Gasteiger partial charge on any atom is 0.265 e. The zero-order chi connectivity index (χ0) is 14.8. The number of hydrogen-bond acceptors (Lipinski definition) is 5. The van der Waals surface area contributed by atoms with Crippen LogP contribution in [0.2, 0.25) is 0 Å². The lowest BCUT2D eigenvalue weighted by molar-refractivity contribution is 0.0795. The molecule has 3 rings (SSSR count). The Balaban J connectivity index is 0.00000176. The maximum absolute atomic E-state index is 12.4. The summed E-state index contributed by atoms with van der Waals surface area (Å²) in [5, 5.41) is 0.837. The fraction of sp³-hybridized carbons (Fsp3) is 0.333. The van der Waals surface area contributed by atoms with Gasteiger partial charge in [-0.3, -0.25) is 4.79 Å². The SMILES string of the molecule is COc1ccc(-c2ncc(C(=O)N3CC[C@@H](N)C3)s2)cc1.Cl. The number of nitrogens with zero attached hydrogens (tertiary/aromatic N) is 2. The molecule has 0 aliphatic carbocycles. The molecule has 0 radical (unpaired) electrons. The Labute approximate surface area is 139 Å². The van der Waals surface area contributed by atoms with E-state index in [0.717, 1.165) is 29.3 Å². The standard InChI is InChI=1S/C15H17N3O2S.ClH/c1-20-12-4-2-10(3-5-12)14-17-8-13(21-14)15(19)18-7-6-11(16)9-18;/h2-5,8,11H,6-7,9,16H2,1H3;1H/t11-;/m1./s1. The maximum atomic E-state index is 12.4. The van der Waals surface area contributed by atoms with Crippen LogP contribution in [0.5, 0.6) is 5.75 Å². The molecule has 1 saturated heterocycles. The molecule has 1 fully saturated rings. The molecule has 0 spiro atoms. The van der Waals surface area contributed by atoms with Crippen LogP contribution in [0, 0.1) is 0 Å². The smallest absolute Gasteiger partial charge is 0.265 e. The predicted octanol–water partition coefficient (Wildman–Crippen LogP) is 2.41. The zero-order valence-corrected chi connectivity index (χ0v) is 13.8. The lowest BCUT2D eigenvalue weighted by Crippen LogP contribution is -2.31. The lowest BCUT2D eigenvalue weighted by Gasteiger charge is -2.13. The second-order valence-corrected chi connectivity index (χ2v) is 6.09. The van der Waals surface area contributed by atoms with E-state index >= 15 is 0 Å². The second-order valence-electron chi connectivity index (χ2n) is 5.06. The fourth-order valence-electron chi connectivity index (χ4n) is 2.37. The summed E-state index contributed by atoms with van der Waals surface area (Å²) in [6.07, 6.45) is 2.52. The van der Waals surface area contributed by atoms with Gasteiger partial charge in [-0.15, -0.1) is 23.7 Å². The van der Waals surface area contributed by atoms with Crippen LogP contribution in [0.1, 0.15) is 16.1 Å². The molecule has 1 amide bonds. The predicted molar refractivity (Wildman–Crippen MR) is 89.8 cm³/mol. The summed E-state index contributed by atoms with van der Waals surface area (Å²) in [6.45, 7) is 1.37. The number of likely N-dealkylation sites (tertiary alicyclic amines) is 1. The van der Waals surface area contributed by atoms with Crippen molar-refractivity contribution in [3.8, 4) is 16.3 Å². The lowest BCUT2D eigenvalue weighted by atomic mass is 10.2. The van der Waals surface area contributed by atoms with Gasteiger partial charge in [-0.05, 0) is 30.7 Å². The van der Waals surface area contributed by atoms with Gasteiger partial charge < -0.3 is 15.4 Å². The van der Waals surface area contributed by atoms with Gasteiger partial charge >= 0.3 is 0 Å². The van der Waals surface area contributed by atoms with E-state index in [-0.39, 0.29) is 24.4 Å². The third-order valence-corrected chi connectivity index (χ3v) is 4.60. The molecule has 7 heteroatoms. The van der Waals surface area contributed by atoms with Crippen LogP contribution in [0.3, 0.4) is 0 Å². The first kappa shape index (κ1) is 16.7. The van der Waals surface area contributed by atoms with Crippen LogP contribution in [0.15, 0.2) is 30.5 Å². The van der Waals surface area contributed by atoms with Gasteiger partial charge in [0.1, 0.15) is 15.6 Å². The number of hydrogen-bond donors (Lipinski definition) is 1. The second kappa shape index (κ2) is 7.09. The molecular weight excluding hydrogens is 322 g/mol. The number of amides is 1. The van der Waals surface area contributed by atoms with Gasteiger partial charge in [-0.25, -0.2) is 4.98 Å². The molecule has 1 aliphatic rings. The van der Waals surface area contributed by atoms with Crippen molar-refractivity contribution < 1.29 is 9.53 Å².